The van der Waals surface area contributed by atoms with Gasteiger partial charge in [-0.1, -0.05) is 12.2 Å². The van der Waals surface area contributed by atoms with E-state index in [0.717, 1.165) is 0 Å². The summed E-state index contributed by atoms with van der Waals surface area (Å²) in [5.41, 5.74) is 3.27. The van der Waals surface area contributed by atoms with Gasteiger partial charge in [0.2, 0.25) is 5.78 Å². The van der Waals surface area contributed by atoms with Crippen molar-refractivity contribution in [3.8, 4) is 0 Å². The number of hydrogen-bond acceptors (Lipinski definition) is 3. The topological polar surface area (TPSA) is 54.4 Å². The predicted octanol–water partition coefficient (Wildman–Crippen LogP) is 3.06. The lowest BCUT2D eigenvalue weighted by molar-refractivity contribution is -0.268. The van der Waals surface area contributed by atoms with Crippen LogP contribution in [0.4, 0.5) is 22.0 Å². The molecule has 0 aromatic carbocycles. The number of carbonyl (C=O) groups is 2. The van der Waals surface area contributed by atoms with Gasteiger partial charge in [-0.3, -0.25) is 9.59 Å². The molecule has 1 aliphatic rings. The minimum atomic E-state index is -6.03. The van der Waals surface area contributed by atoms with Gasteiger partial charge < -0.3 is 5.11 Å². The Hall–Kier alpha value is -2.05. The number of aliphatic hydroxyl groups is 1. The summed E-state index contributed by atoms with van der Waals surface area (Å²) in [6.45, 7) is -0.114. The van der Waals surface area contributed by atoms with Crippen molar-refractivity contribution in [2.75, 3.05) is 6.61 Å². The second-order valence-corrected chi connectivity index (χ2v) is 4.70. The first kappa shape index (κ1) is 19.0. The molecule has 0 fully saturated rings. The number of aliphatic hydroxyl groups excluding tert-OH is 1. The number of ketones is 2. The molecule has 126 valence electrons. The first-order valence-electron chi connectivity index (χ1n) is 6.52. The summed E-state index contributed by atoms with van der Waals surface area (Å²) in [6.07, 6.45) is -1.78. The van der Waals surface area contributed by atoms with Crippen molar-refractivity contribution in [2.24, 2.45) is 0 Å². The van der Waals surface area contributed by atoms with Gasteiger partial charge in [0, 0.05) is 13.0 Å². The minimum absolute atomic E-state index is 0.0309. The quantitative estimate of drug-likeness (QED) is 0.461. The third-order valence-electron chi connectivity index (χ3n) is 2.98. The largest absolute Gasteiger partial charge is 0.461 e. The summed E-state index contributed by atoms with van der Waals surface area (Å²) >= 11 is 0. The van der Waals surface area contributed by atoms with Crippen LogP contribution in [-0.2, 0) is 9.59 Å². The molecule has 0 saturated carbocycles. The highest BCUT2D eigenvalue weighted by atomic mass is 19.4. The Kier molecular flexibility index (Phi) is 6.18. The molecule has 0 bridgehead atoms. The van der Waals surface area contributed by atoms with Gasteiger partial charge in [0.05, 0.1) is 6.42 Å². The monoisotopic (exact) mass is 336 g/mol. The molecule has 0 aliphatic heterocycles. The Labute approximate surface area is 128 Å². The van der Waals surface area contributed by atoms with E-state index in [2.05, 4.69) is 5.73 Å². The fourth-order valence-electron chi connectivity index (χ4n) is 1.70. The van der Waals surface area contributed by atoms with Crippen molar-refractivity contribution in [1.82, 2.24) is 0 Å². The first-order chi connectivity index (χ1) is 10.6. The minimum Gasteiger partial charge on any atom is -0.396 e. The lowest BCUT2D eigenvalue weighted by Crippen LogP contribution is -2.44. The highest BCUT2D eigenvalue weighted by Crippen LogP contribution is 2.37. The van der Waals surface area contributed by atoms with Crippen molar-refractivity contribution in [2.45, 2.75) is 31.4 Å². The van der Waals surface area contributed by atoms with Crippen LogP contribution in [0.1, 0.15) is 19.3 Å². The fourth-order valence-corrected chi connectivity index (χ4v) is 1.70. The Morgan fingerprint density at radius 3 is 2.43 bits per heavy atom. The summed E-state index contributed by atoms with van der Waals surface area (Å²) < 4.78 is 61.8. The molecule has 1 rings (SSSR count). The maximum absolute atomic E-state index is 12.8. The van der Waals surface area contributed by atoms with Gasteiger partial charge in [0.15, 0.2) is 5.78 Å². The lowest BCUT2D eigenvalue weighted by Gasteiger charge is -2.17. The molecule has 0 atom stereocenters. The average molecular weight is 336 g/mol. The number of halogens is 5. The highest BCUT2D eigenvalue weighted by Gasteiger charge is 2.62. The van der Waals surface area contributed by atoms with Crippen LogP contribution in [0.5, 0.6) is 0 Å². The normalized spacial score (nSPS) is 19.2. The van der Waals surface area contributed by atoms with Gasteiger partial charge in [-0.2, -0.15) is 22.0 Å². The zero-order valence-corrected chi connectivity index (χ0v) is 11.8. The van der Waals surface area contributed by atoms with E-state index < -0.39 is 30.1 Å². The molecule has 23 heavy (non-hydrogen) atoms. The molecule has 0 aromatic heterocycles. The molecule has 0 radical (unpaired) electrons. The predicted molar refractivity (Wildman–Crippen MR) is 70.8 cm³/mol. The Morgan fingerprint density at radius 1 is 1.22 bits per heavy atom. The maximum Gasteiger partial charge on any atom is 0.461 e. The van der Waals surface area contributed by atoms with E-state index in [9.17, 15) is 31.5 Å². The molecule has 8 heteroatoms. The van der Waals surface area contributed by atoms with Gasteiger partial charge in [0.25, 0.3) is 0 Å². The third-order valence-corrected chi connectivity index (χ3v) is 2.98. The molecule has 3 nitrogen and oxygen atoms in total. The number of Topliss-reactive ketones (excluding diaryl/α,β-unsaturated/α-hetero) is 2. The maximum atomic E-state index is 12.8. The molecule has 0 spiro atoms. The Balaban J connectivity index is 2.87. The first-order valence-corrected chi connectivity index (χ1v) is 6.52. The van der Waals surface area contributed by atoms with Crippen molar-refractivity contribution < 1.29 is 36.6 Å². The molecule has 0 unspecified atom stereocenters. The van der Waals surface area contributed by atoms with E-state index >= 15 is 0 Å². The van der Waals surface area contributed by atoms with Crippen molar-refractivity contribution in [3.63, 3.8) is 0 Å². The van der Waals surface area contributed by atoms with E-state index in [-0.39, 0.29) is 18.6 Å². The number of hydrogen-bond donors (Lipinski definition) is 1. The van der Waals surface area contributed by atoms with E-state index in [1.165, 1.54) is 18.2 Å². The van der Waals surface area contributed by atoms with E-state index in [4.69, 9.17) is 5.11 Å². The lowest BCUT2D eigenvalue weighted by atomic mass is 9.98. The van der Waals surface area contributed by atoms with Crippen molar-refractivity contribution in [3.05, 3.63) is 41.2 Å². The summed E-state index contributed by atoms with van der Waals surface area (Å²) in [7, 11) is 0. The molecular formula is C15H13F5O3. The van der Waals surface area contributed by atoms with Crippen LogP contribution < -0.4 is 0 Å². The highest BCUT2D eigenvalue weighted by molar-refractivity contribution is 6.10. The number of rotatable bonds is 6. The molecule has 0 amide bonds. The van der Waals surface area contributed by atoms with Crippen LogP contribution in [-0.4, -0.2) is 35.4 Å². The van der Waals surface area contributed by atoms with Crippen molar-refractivity contribution in [1.29, 1.82) is 0 Å². The Bertz CT molecular complexity index is 605. The van der Waals surface area contributed by atoms with Crippen LogP contribution >= 0.6 is 0 Å². The second-order valence-electron chi connectivity index (χ2n) is 4.70. The van der Waals surface area contributed by atoms with E-state index in [0.29, 0.717) is 12.0 Å². The zero-order valence-electron chi connectivity index (χ0n) is 11.8. The Morgan fingerprint density at radius 2 is 1.87 bits per heavy atom. The molecule has 1 aliphatic carbocycles. The SMILES string of the molecule is O=C(CC(=O)C(F)(F)C(F)(F)F)/C1=C/C=C=C(CCO)/C=C\C1. The molecule has 0 saturated heterocycles. The van der Waals surface area contributed by atoms with Crippen LogP contribution in [0, 0.1) is 0 Å². The van der Waals surface area contributed by atoms with E-state index in [1.54, 1.807) is 6.08 Å². The molecular weight excluding hydrogens is 323 g/mol. The number of carbonyl (C=O) groups excluding carboxylic acids is 2. The van der Waals surface area contributed by atoms with Gasteiger partial charge in [-0.25, -0.2) is 0 Å². The van der Waals surface area contributed by atoms with Crippen LogP contribution in [0.2, 0.25) is 0 Å². The van der Waals surface area contributed by atoms with Gasteiger partial charge in [0.1, 0.15) is 0 Å². The number of allylic oxidation sites excluding steroid dienone is 4. The zero-order chi connectivity index (χ0) is 17.7. The third kappa shape index (κ3) is 4.97. The number of alkyl halides is 5. The molecule has 0 heterocycles. The van der Waals surface area contributed by atoms with E-state index in [1.807, 2.05) is 0 Å². The molecule has 1 N–H and O–H groups in total. The standard InChI is InChI=1S/C15H13F5O3/c16-14(17,15(18,19)20)13(23)9-12(22)11-5-1-3-10(7-8-21)4-2-6-11/h1-3,6,21H,5,7-9H2/b3-1-,11-6+. The smallest absolute Gasteiger partial charge is 0.396 e. The summed E-state index contributed by atoms with van der Waals surface area (Å²) in [4.78, 5) is 22.8. The van der Waals surface area contributed by atoms with Gasteiger partial charge in [-0.05, 0) is 29.7 Å². The summed E-state index contributed by atoms with van der Waals surface area (Å²) in [5.74, 6) is -9.14. The second kappa shape index (κ2) is 7.48. The average Bonchev–Trinajstić information content (AvgIpc) is 2.40. The van der Waals surface area contributed by atoms with Crippen LogP contribution in [0.15, 0.2) is 41.2 Å². The van der Waals surface area contributed by atoms with Gasteiger partial charge >= 0.3 is 12.1 Å². The summed E-state index contributed by atoms with van der Waals surface area (Å²) in [6, 6.07) is 0. The van der Waals surface area contributed by atoms with Crippen LogP contribution in [0.3, 0.4) is 0 Å². The van der Waals surface area contributed by atoms with Crippen LogP contribution in [0.25, 0.3) is 0 Å². The fraction of sp³-hybridized carbons (Fsp3) is 0.400. The van der Waals surface area contributed by atoms with Gasteiger partial charge in [-0.15, -0.1) is 5.73 Å². The molecule has 0 aromatic rings. The summed E-state index contributed by atoms with van der Waals surface area (Å²) in [5, 5.41) is 8.78. The van der Waals surface area contributed by atoms with Crippen molar-refractivity contribution >= 4 is 11.6 Å².